The number of benzene rings is 2. The average molecular weight is 580 g/mol. The Kier molecular flexibility index (Phi) is 10.0. The summed E-state index contributed by atoms with van der Waals surface area (Å²) >= 11 is 0. The molecule has 0 atom stereocenters. The highest BCUT2D eigenvalue weighted by molar-refractivity contribution is 6.03. The van der Waals surface area contributed by atoms with Gasteiger partial charge in [0.25, 0.3) is 0 Å². The maximum absolute atomic E-state index is 11.9. The summed E-state index contributed by atoms with van der Waals surface area (Å²) in [6.45, 7) is 14.4. The molecule has 0 saturated carbocycles. The van der Waals surface area contributed by atoms with Gasteiger partial charge in [-0.25, -0.2) is 9.59 Å². The van der Waals surface area contributed by atoms with Crippen molar-refractivity contribution in [1.29, 1.82) is 0 Å². The van der Waals surface area contributed by atoms with Gasteiger partial charge in [-0.2, -0.15) is 4.58 Å². The van der Waals surface area contributed by atoms with Crippen molar-refractivity contribution in [2.75, 3.05) is 31.2 Å². The molecule has 0 aliphatic carbocycles. The summed E-state index contributed by atoms with van der Waals surface area (Å²) in [5.41, 5.74) is 6.69. The van der Waals surface area contributed by atoms with E-state index in [9.17, 15) is 9.59 Å². The Hall–Kier alpha value is -4.45. The van der Waals surface area contributed by atoms with Gasteiger partial charge in [-0.15, -0.1) is 0 Å². The summed E-state index contributed by atoms with van der Waals surface area (Å²) in [6.07, 6.45) is 17.2. The summed E-state index contributed by atoms with van der Waals surface area (Å²) in [6, 6.07) is 16.8. The van der Waals surface area contributed by atoms with Crippen LogP contribution in [-0.4, -0.2) is 48.5 Å². The molecule has 0 unspecified atom stereocenters. The lowest BCUT2D eigenvalue weighted by Crippen LogP contribution is -2.27. The first-order chi connectivity index (χ1) is 20.6. The highest BCUT2D eigenvalue weighted by atomic mass is 16.5. The van der Waals surface area contributed by atoms with Crippen LogP contribution in [-0.2, 0) is 29.9 Å². The van der Waals surface area contributed by atoms with Crippen molar-refractivity contribution >= 4 is 29.0 Å². The van der Waals surface area contributed by atoms with Crippen LogP contribution in [0.3, 0.4) is 0 Å². The number of allylic oxidation sites excluding steroid dienone is 6. The van der Waals surface area contributed by atoms with Crippen molar-refractivity contribution in [2.24, 2.45) is 0 Å². The topological polar surface area (TPSA) is 58.8 Å². The van der Waals surface area contributed by atoms with E-state index in [1.807, 2.05) is 24.3 Å². The van der Waals surface area contributed by atoms with E-state index in [1.54, 1.807) is 13.8 Å². The van der Waals surface area contributed by atoms with E-state index in [0.717, 1.165) is 22.8 Å². The molecule has 0 bridgehead atoms. The maximum Gasteiger partial charge on any atom is 0.330 e. The Balaban J connectivity index is 1.61. The molecular weight excluding hydrogens is 536 g/mol. The van der Waals surface area contributed by atoms with Crippen molar-refractivity contribution in [3.63, 3.8) is 0 Å². The average Bonchev–Trinajstić information content (AvgIpc) is 3.32. The van der Waals surface area contributed by atoms with Crippen LogP contribution in [0.4, 0.5) is 11.4 Å². The van der Waals surface area contributed by atoms with Crippen molar-refractivity contribution in [2.45, 2.75) is 52.4 Å². The SMILES string of the molecule is CCOC(=O)C=CCN1C(=CC=CC=CC2=[N+](CC=CC(=O)OCC)c3ccccc3C2(C)C)C(C)(C)c2ccccc21. The zero-order chi connectivity index (χ0) is 31.0. The molecule has 0 radical (unpaired) electrons. The van der Waals surface area contributed by atoms with E-state index in [1.165, 1.54) is 23.3 Å². The molecule has 0 fully saturated rings. The monoisotopic (exact) mass is 579 g/mol. The lowest BCUT2D eigenvalue weighted by Gasteiger charge is -2.26. The Morgan fingerprint density at radius 2 is 1.42 bits per heavy atom. The first-order valence-corrected chi connectivity index (χ1v) is 15.0. The quantitative estimate of drug-likeness (QED) is 0.123. The number of hydrogen-bond acceptors (Lipinski definition) is 5. The Bertz CT molecular complexity index is 1540. The molecular formula is C37H43N2O4+. The fourth-order valence-corrected chi connectivity index (χ4v) is 5.92. The molecule has 0 spiro atoms. The summed E-state index contributed by atoms with van der Waals surface area (Å²) < 4.78 is 12.4. The minimum Gasteiger partial charge on any atom is -0.463 e. The molecule has 2 heterocycles. The number of ether oxygens (including phenoxy) is 2. The molecule has 0 aromatic heterocycles. The molecule has 224 valence electrons. The molecule has 0 amide bonds. The number of fused-ring (bicyclic) bond motifs is 2. The second-order valence-corrected chi connectivity index (χ2v) is 11.5. The maximum atomic E-state index is 11.9. The molecule has 6 nitrogen and oxygen atoms in total. The van der Waals surface area contributed by atoms with E-state index < -0.39 is 0 Å². The number of hydrogen-bond donors (Lipinski definition) is 0. The zero-order valence-corrected chi connectivity index (χ0v) is 26.2. The first kappa shape index (κ1) is 31.5. The molecule has 2 aliphatic heterocycles. The van der Waals surface area contributed by atoms with Crippen molar-refractivity contribution < 1.29 is 23.6 Å². The van der Waals surface area contributed by atoms with Gasteiger partial charge in [0.05, 0.1) is 18.6 Å². The number of carbonyl (C=O) groups excluding carboxylic acids is 2. The van der Waals surface area contributed by atoms with Crippen molar-refractivity contribution in [1.82, 2.24) is 0 Å². The van der Waals surface area contributed by atoms with E-state index in [4.69, 9.17) is 9.47 Å². The van der Waals surface area contributed by atoms with Gasteiger partial charge in [-0.1, -0.05) is 74.5 Å². The van der Waals surface area contributed by atoms with Crippen LogP contribution >= 0.6 is 0 Å². The van der Waals surface area contributed by atoms with Crippen LogP contribution in [0.1, 0.15) is 52.7 Å². The van der Waals surface area contributed by atoms with Gasteiger partial charge in [0.2, 0.25) is 5.69 Å². The highest BCUT2D eigenvalue weighted by Gasteiger charge is 2.43. The normalized spacial score (nSPS) is 18.0. The minimum atomic E-state index is -0.329. The third-order valence-electron chi connectivity index (χ3n) is 7.99. The lowest BCUT2D eigenvalue weighted by molar-refractivity contribution is -0.425. The van der Waals surface area contributed by atoms with Crippen LogP contribution in [0.2, 0.25) is 0 Å². The standard InChI is InChI=1S/C37H43N2O4/c1-7-42-34(40)24-16-26-38-30-20-14-12-18-28(30)36(3,4)32(38)22-10-9-11-23-33-37(5,6)29-19-13-15-21-31(29)39(33)27-17-25-35(41)43-8-2/h9-25H,7-8,26-27H2,1-6H3/q+1. The van der Waals surface area contributed by atoms with Crippen LogP contribution in [0, 0.1) is 0 Å². The Labute approximate surface area is 256 Å². The molecule has 0 saturated heterocycles. The first-order valence-electron chi connectivity index (χ1n) is 15.0. The number of esters is 2. The van der Waals surface area contributed by atoms with E-state index in [0.29, 0.717) is 26.3 Å². The van der Waals surface area contributed by atoms with Gasteiger partial charge < -0.3 is 14.4 Å². The summed E-state index contributed by atoms with van der Waals surface area (Å²) in [4.78, 5) is 26.0. The molecule has 2 aromatic rings. The zero-order valence-electron chi connectivity index (χ0n) is 26.2. The number of nitrogens with zero attached hydrogens (tertiary/aromatic N) is 2. The van der Waals surface area contributed by atoms with Gasteiger partial charge in [0.1, 0.15) is 0 Å². The van der Waals surface area contributed by atoms with Crippen LogP contribution in [0.5, 0.6) is 0 Å². The number of carbonyl (C=O) groups is 2. The van der Waals surface area contributed by atoms with Crippen LogP contribution in [0.15, 0.2) is 109 Å². The van der Waals surface area contributed by atoms with Gasteiger partial charge >= 0.3 is 11.9 Å². The molecule has 43 heavy (non-hydrogen) atoms. The van der Waals surface area contributed by atoms with Crippen LogP contribution < -0.4 is 4.90 Å². The predicted molar refractivity (Wildman–Crippen MR) is 174 cm³/mol. The number of rotatable bonds is 11. The van der Waals surface area contributed by atoms with Gasteiger partial charge in [-0.3, -0.25) is 0 Å². The van der Waals surface area contributed by atoms with Gasteiger partial charge in [-0.05, 0) is 51.5 Å². The van der Waals surface area contributed by atoms with Crippen molar-refractivity contribution in [3.05, 3.63) is 120 Å². The second kappa shape index (κ2) is 13.7. The Morgan fingerprint density at radius 3 is 2.12 bits per heavy atom. The van der Waals surface area contributed by atoms with E-state index >= 15 is 0 Å². The number of anilines is 1. The third kappa shape index (κ3) is 6.80. The lowest BCUT2D eigenvalue weighted by atomic mass is 9.81. The third-order valence-corrected chi connectivity index (χ3v) is 7.99. The molecule has 2 aliphatic rings. The predicted octanol–water partition coefficient (Wildman–Crippen LogP) is 7.10. The smallest absolute Gasteiger partial charge is 0.330 e. The fourth-order valence-electron chi connectivity index (χ4n) is 5.92. The summed E-state index contributed by atoms with van der Waals surface area (Å²) in [5.74, 6) is -0.658. The highest BCUT2D eigenvalue weighted by Crippen LogP contribution is 2.47. The van der Waals surface area contributed by atoms with Gasteiger partial charge in [0.15, 0.2) is 12.3 Å². The largest absolute Gasteiger partial charge is 0.463 e. The molecule has 4 rings (SSSR count). The van der Waals surface area contributed by atoms with Gasteiger partial charge in [0, 0.05) is 53.2 Å². The fraction of sp³-hybridized carbons (Fsp3) is 0.324. The van der Waals surface area contributed by atoms with E-state index in [2.05, 4.69) is 104 Å². The minimum absolute atomic E-state index is 0.200. The van der Waals surface area contributed by atoms with Crippen LogP contribution in [0.25, 0.3) is 0 Å². The second-order valence-electron chi connectivity index (χ2n) is 11.5. The summed E-state index contributed by atoms with van der Waals surface area (Å²) in [7, 11) is 0. The van der Waals surface area contributed by atoms with E-state index in [-0.39, 0.29) is 22.8 Å². The molecule has 6 heteroatoms. The molecule has 0 N–H and O–H groups in total. The summed E-state index contributed by atoms with van der Waals surface area (Å²) in [5, 5.41) is 0. The van der Waals surface area contributed by atoms with Crippen molar-refractivity contribution in [3.8, 4) is 0 Å². The Morgan fingerprint density at radius 1 is 0.791 bits per heavy atom. The molecule has 2 aromatic carbocycles. The number of para-hydroxylation sites is 2.